The Morgan fingerprint density at radius 2 is 1.36 bits per heavy atom. The first-order chi connectivity index (χ1) is 5.00. The lowest BCUT2D eigenvalue weighted by molar-refractivity contribution is 1.19. The largest absolute Gasteiger partial charge is 0.0909 e. The van der Waals surface area contributed by atoms with Gasteiger partial charge >= 0.3 is 0 Å². The van der Waals surface area contributed by atoms with Gasteiger partial charge in [0.15, 0.2) is 0 Å². The average molecular weight is 149 g/mol. The standard InChI is InChI=1S/C11H17/c1-7-9(4)11(6)10(5)8(2)3/h1H2,2-6H3. The molecule has 0 aliphatic heterocycles. The Labute approximate surface area is 70.3 Å². The molecular formula is C11H17. The van der Waals surface area contributed by atoms with Crippen molar-refractivity contribution in [1.82, 2.24) is 0 Å². The van der Waals surface area contributed by atoms with E-state index in [4.69, 9.17) is 0 Å². The third kappa shape index (κ3) is 2.75. The third-order valence-corrected chi connectivity index (χ3v) is 2.14. The Balaban J connectivity index is 4.90. The van der Waals surface area contributed by atoms with E-state index in [0.29, 0.717) is 0 Å². The summed E-state index contributed by atoms with van der Waals surface area (Å²) in [5, 5.41) is 0. The lowest BCUT2D eigenvalue weighted by Gasteiger charge is -2.06. The molecule has 61 valence electrons. The van der Waals surface area contributed by atoms with Crippen LogP contribution in [0.15, 0.2) is 28.9 Å². The molecule has 0 aliphatic carbocycles. The molecule has 0 aromatic heterocycles. The smallest absolute Gasteiger partial charge is 0.0227 e. The first-order valence-electron chi connectivity index (χ1n) is 3.85. The number of hydrogen-bond acceptors (Lipinski definition) is 0. The summed E-state index contributed by atoms with van der Waals surface area (Å²) in [6, 6.07) is 0. The van der Waals surface area contributed by atoms with Crippen molar-refractivity contribution in [3.8, 4) is 0 Å². The van der Waals surface area contributed by atoms with Gasteiger partial charge in [-0.2, -0.15) is 0 Å². The molecule has 0 amide bonds. The van der Waals surface area contributed by atoms with Gasteiger partial charge in [0.1, 0.15) is 0 Å². The summed E-state index contributed by atoms with van der Waals surface area (Å²) < 4.78 is 0. The SMILES string of the molecule is C=[C]C(C)=C(C)C(C)=C(C)C. The van der Waals surface area contributed by atoms with Crippen LogP contribution in [-0.4, -0.2) is 0 Å². The van der Waals surface area contributed by atoms with Crippen molar-refractivity contribution in [3.05, 3.63) is 34.9 Å². The molecule has 0 heteroatoms. The van der Waals surface area contributed by atoms with Crippen molar-refractivity contribution in [2.75, 3.05) is 0 Å². The fourth-order valence-corrected chi connectivity index (χ4v) is 0.789. The van der Waals surface area contributed by atoms with E-state index >= 15 is 0 Å². The Bertz CT molecular complexity index is 210. The maximum absolute atomic E-state index is 3.62. The van der Waals surface area contributed by atoms with E-state index in [-0.39, 0.29) is 0 Å². The van der Waals surface area contributed by atoms with Crippen LogP contribution in [0.25, 0.3) is 0 Å². The van der Waals surface area contributed by atoms with Crippen LogP contribution in [-0.2, 0) is 0 Å². The first-order valence-corrected chi connectivity index (χ1v) is 3.85. The van der Waals surface area contributed by atoms with E-state index in [2.05, 4.69) is 40.3 Å². The predicted molar refractivity (Wildman–Crippen MR) is 51.3 cm³/mol. The molecular weight excluding hydrogens is 132 g/mol. The van der Waals surface area contributed by atoms with Gasteiger partial charge in [-0.1, -0.05) is 12.2 Å². The summed E-state index contributed by atoms with van der Waals surface area (Å²) in [6.45, 7) is 14.1. The molecule has 0 nitrogen and oxygen atoms in total. The number of allylic oxidation sites excluding steroid dienone is 5. The third-order valence-electron chi connectivity index (χ3n) is 2.14. The fraction of sp³-hybridized carbons (Fsp3) is 0.455. The molecule has 11 heavy (non-hydrogen) atoms. The van der Waals surface area contributed by atoms with E-state index in [0.717, 1.165) is 5.57 Å². The second-order valence-corrected chi connectivity index (χ2v) is 3.05. The molecule has 0 aliphatic rings. The van der Waals surface area contributed by atoms with Crippen molar-refractivity contribution in [2.24, 2.45) is 0 Å². The van der Waals surface area contributed by atoms with Gasteiger partial charge < -0.3 is 0 Å². The molecule has 0 rings (SSSR count). The second-order valence-electron chi connectivity index (χ2n) is 3.05. The molecule has 1 radical (unpaired) electrons. The highest BCUT2D eigenvalue weighted by molar-refractivity contribution is 5.36. The summed E-state index contributed by atoms with van der Waals surface area (Å²) in [4.78, 5) is 0. The minimum absolute atomic E-state index is 1.14. The minimum atomic E-state index is 1.14. The average Bonchev–Trinajstić information content (AvgIpc) is 2.00. The van der Waals surface area contributed by atoms with Crippen LogP contribution in [0.3, 0.4) is 0 Å². The van der Waals surface area contributed by atoms with Crippen LogP contribution in [0.2, 0.25) is 0 Å². The van der Waals surface area contributed by atoms with Gasteiger partial charge in [0.2, 0.25) is 0 Å². The predicted octanol–water partition coefficient (Wildman–Crippen LogP) is 3.67. The van der Waals surface area contributed by atoms with Gasteiger partial charge in [0.05, 0.1) is 0 Å². The summed E-state index contributed by atoms with van der Waals surface area (Å²) in [5.41, 5.74) is 5.14. The van der Waals surface area contributed by atoms with Crippen molar-refractivity contribution in [3.63, 3.8) is 0 Å². The van der Waals surface area contributed by atoms with Gasteiger partial charge in [-0.3, -0.25) is 0 Å². The van der Waals surface area contributed by atoms with Crippen LogP contribution in [0.1, 0.15) is 34.6 Å². The molecule has 0 N–H and O–H groups in total. The Hall–Kier alpha value is -0.780. The summed E-state index contributed by atoms with van der Waals surface area (Å²) in [6.07, 6.45) is 2.90. The van der Waals surface area contributed by atoms with Gasteiger partial charge in [0, 0.05) is 0 Å². The lowest BCUT2D eigenvalue weighted by Crippen LogP contribution is -1.86. The minimum Gasteiger partial charge on any atom is -0.0909 e. The molecule has 0 atom stereocenters. The molecule has 0 unspecified atom stereocenters. The fourth-order valence-electron chi connectivity index (χ4n) is 0.789. The summed E-state index contributed by atoms with van der Waals surface area (Å²) in [7, 11) is 0. The highest BCUT2D eigenvalue weighted by Gasteiger charge is 1.97. The van der Waals surface area contributed by atoms with E-state index in [1.54, 1.807) is 0 Å². The lowest BCUT2D eigenvalue weighted by atomic mass is 10.0. The van der Waals surface area contributed by atoms with Crippen LogP contribution >= 0.6 is 0 Å². The zero-order valence-corrected chi connectivity index (χ0v) is 8.21. The quantitative estimate of drug-likeness (QED) is 0.525. The monoisotopic (exact) mass is 149 g/mol. The molecule has 0 aromatic carbocycles. The van der Waals surface area contributed by atoms with Crippen LogP contribution in [0.5, 0.6) is 0 Å². The highest BCUT2D eigenvalue weighted by atomic mass is 14.0. The molecule has 0 aromatic rings. The van der Waals surface area contributed by atoms with E-state index < -0.39 is 0 Å². The molecule has 0 bridgehead atoms. The van der Waals surface area contributed by atoms with E-state index in [9.17, 15) is 0 Å². The topological polar surface area (TPSA) is 0 Å². The number of hydrogen-bond donors (Lipinski definition) is 0. The highest BCUT2D eigenvalue weighted by Crippen LogP contribution is 2.16. The Morgan fingerprint density at radius 1 is 0.909 bits per heavy atom. The Morgan fingerprint density at radius 3 is 1.64 bits per heavy atom. The molecule has 0 saturated carbocycles. The molecule has 0 spiro atoms. The van der Waals surface area contributed by atoms with E-state index in [1.807, 2.05) is 6.92 Å². The molecule has 0 saturated heterocycles. The second kappa shape index (κ2) is 4.17. The normalized spacial score (nSPS) is 12.1. The maximum atomic E-state index is 3.62. The zero-order chi connectivity index (χ0) is 9.02. The van der Waals surface area contributed by atoms with Crippen molar-refractivity contribution in [1.29, 1.82) is 0 Å². The van der Waals surface area contributed by atoms with Crippen molar-refractivity contribution < 1.29 is 0 Å². The summed E-state index contributed by atoms with van der Waals surface area (Å²) >= 11 is 0. The van der Waals surface area contributed by atoms with Gasteiger partial charge in [-0.05, 0) is 57.4 Å². The number of rotatable bonds is 2. The maximum Gasteiger partial charge on any atom is -0.0227 e. The zero-order valence-electron chi connectivity index (χ0n) is 8.21. The van der Waals surface area contributed by atoms with Crippen LogP contribution < -0.4 is 0 Å². The summed E-state index contributed by atoms with van der Waals surface area (Å²) in [5.74, 6) is 0. The molecule has 0 heterocycles. The van der Waals surface area contributed by atoms with Crippen LogP contribution in [0, 0.1) is 6.08 Å². The van der Waals surface area contributed by atoms with Crippen molar-refractivity contribution in [2.45, 2.75) is 34.6 Å². The van der Waals surface area contributed by atoms with Crippen molar-refractivity contribution >= 4 is 0 Å². The van der Waals surface area contributed by atoms with Crippen LogP contribution in [0.4, 0.5) is 0 Å². The van der Waals surface area contributed by atoms with Gasteiger partial charge in [-0.15, -0.1) is 0 Å². The van der Waals surface area contributed by atoms with Gasteiger partial charge in [-0.25, -0.2) is 0 Å². The first kappa shape index (κ1) is 10.2. The van der Waals surface area contributed by atoms with E-state index in [1.165, 1.54) is 16.7 Å². The molecule has 0 fully saturated rings. The van der Waals surface area contributed by atoms with Gasteiger partial charge in [0.25, 0.3) is 0 Å². The Kier molecular flexibility index (Phi) is 3.88.